The van der Waals surface area contributed by atoms with Crippen LogP contribution in [-0.2, 0) is 10.3 Å². The highest BCUT2D eigenvalue weighted by Crippen LogP contribution is 2.53. The standard InChI is InChI=1S/C29H20ClN3O2/c30-21-16-17-24-23(18-21)29(28(35)31-24)25(27(34)20-12-6-2-7-13-20)26(19-10-4-1-5-11-19)32-33(29)22-14-8-3-9-15-22/h1-18,25H,(H,31,35)/t25-,29+/m1/s1. The van der Waals surface area contributed by atoms with E-state index in [9.17, 15) is 9.59 Å². The zero-order valence-corrected chi connectivity index (χ0v) is 19.3. The third-order valence-corrected chi connectivity index (χ3v) is 6.85. The van der Waals surface area contributed by atoms with E-state index in [2.05, 4.69) is 5.32 Å². The molecule has 1 spiro atoms. The normalized spacial score (nSPS) is 20.5. The Morgan fingerprint density at radius 1 is 0.857 bits per heavy atom. The van der Waals surface area contributed by atoms with Gasteiger partial charge in [0.2, 0.25) is 0 Å². The number of fused-ring (bicyclic) bond motifs is 2. The number of carbonyl (C=O) groups excluding carboxylic acids is 2. The van der Waals surface area contributed by atoms with E-state index in [-0.39, 0.29) is 11.7 Å². The maximum Gasteiger partial charge on any atom is 0.258 e. The highest BCUT2D eigenvalue weighted by Gasteiger charge is 2.64. The fourth-order valence-electron chi connectivity index (χ4n) is 5.09. The zero-order chi connectivity index (χ0) is 24.0. The van der Waals surface area contributed by atoms with Crippen LogP contribution < -0.4 is 10.3 Å². The van der Waals surface area contributed by atoms with Gasteiger partial charge in [0.15, 0.2) is 11.3 Å². The van der Waals surface area contributed by atoms with Gasteiger partial charge in [0.05, 0.1) is 11.4 Å². The molecule has 6 heteroatoms. The minimum Gasteiger partial charge on any atom is -0.323 e. The second kappa shape index (κ2) is 8.22. The van der Waals surface area contributed by atoms with Gasteiger partial charge >= 0.3 is 0 Å². The molecule has 2 atom stereocenters. The number of amides is 1. The van der Waals surface area contributed by atoms with E-state index in [1.165, 1.54) is 0 Å². The highest BCUT2D eigenvalue weighted by molar-refractivity contribution is 6.31. The van der Waals surface area contributed by atoms with E-state index in [0.29, 0.717) is 33.2 Å². The van der Waals surface area contributed by atoms with Crippen molar-refractivity contribution in [3.8, 4) is 0 Å². The summed E-state index contributed by atoms with van der Waals surface area (Å²) < 4.78 is 0. The number of nitrogens with one attached hydrogen (secondary N) is 1. The summed E-state index contributed by atoms with van der Waals surface area (Å²) in [6.07, 6.45) is 0. The number of nitrogens with zero attached hydrogens (tertiary/aromatic N) is 2. The first-order valence-electron chi connectivity index (χ1n) is 11.3. The summed E-state index contributed by atoms with van der Waals surface area (Å²) in [4.78, 5) is 28.3. The average molecular weight is 478 g/mol. The van der Waals surface area contributed by atoms with E-state index in [4.69, 9.17) is 16.7 Å². The van der Waals surface area contributed by atoms with Gasteiger partial charge in [-0.05, 0) is 35.9 Å². The molecule has 5 nitrogen and oxygen atoms in total. The third kappa shape index (κ3) is 3.20. The van der Waals surface area contributed by atoms with Crippen LogP contribution in [0.5, 0.6) is 0 Å². The minimum absolute atomic E-state index is 0.186. The summed E-state index contributed by atoms with van der Waals surface area (Å²) >= 11 is 6.44. The first-order chi connectivity index (χ1) is 17.1. The van der Waals surface area contributed by atoms with Crippen molar-refractivity contribution < 1.29 is 9.59 Å². The molecule has 0 aliphatic carbocycles. The molecule has 35 heavy (non-hydrogen) atoms. The fraction of sp³-hybridized carbons (Fsp3) is 0.0690. The highest BCUT2D eigenvalue weighted by atomic mass is 35.5. The second-order valence-electron chi connectivity index (χ2n) is 8.57. The Balaban J connectivity index is 1.68. The van der Waals surface area contributed by atoms with Crippen molar-refractivity contribution in [2.75, 3.05) is 10.3 Å². The Kier molecular flexibility index (Phi) is 5.01. The number of halogens is 1. The number of rotatable bonds is 4. The molecule has 0 saturated heterocycles. The molecule has 0 unspecified atom stereocenters. The minimum atomic E-state index is -1.44. The largest absolute Gasteiger partial charge is 0.323 e. The van der Waals surface area contributed by atoms with Gasteiger partial charge in [0.1, 0.15) is 5.92 Å². The summed E-state index contributed by atoms with van der Waals surface area (Å²) in [6.45, 7) is 0. The van der Waals surface area contributed by atoms with Gasteiger partial charge in [-0.1, -0.05) is 90.5 Å². The van der Waals surface area contributed by atoms with Crippen molar-refractivity contribution in [2.24, 2.45) is 11.0 Å². The van der Waals surface area contributed by atoms with Crippen molar-refractivity contribution in [1.29, 1.82) is 0 Å². The third-order valence-electron chi connectivity index (χ3n) is 6.61. The lowest BCUT2D eigenvalue weighted by atomic mass is 9.71. The van der Waals surface area contributed by atoms with Crippen molar-refractivity contribution in [3.63, 3.8) is 0 Å². The van der Waals surface area contributed by atoms with Crippen LogP contribution in [0.3, 0.4) is 0 Å². The molecule has 4 aromatic carbocycles. The Bertz CT molecular complexity index is 1470. The molecule has 1 amide bonds. The van der Waals surface area contributed by atoms with E-state index in [1.54, 1.807) is 35.3 Å². The number of hydrogen-bond acceptors (Lipinski definition) is 4. The number of hydrogen-bond donors (Lipinski definition) is 1. The van der Waals surface area contributed by atoms with Crippen LogP contribution in [0.25, 0.3) is 0 Å². The molecule has 0 bridgehead atoms. The van der Waals surface area contributed by atoms with Crippen LogP contribution in [-0.4, -0.2) is 17.4 Å². The first kappa shape index (κ1) is 21.3. The number of para-hydroxylation sites is 1. The van der Waals surface area contributed by atoms with Gasteiger partial charge in [-0.3, -0.25) is 9.59 Å². The monoisotopic (exact) mass is 477 g/mol. The quantitative estimate of drug-likeness (QED) is 0.371. The van der Waals surface area contributed by atoms with Crippen molar-refractivity contribution >= 4 is 40.4 Å². The molecule has 6 rings (SSSR count). The topological polar surface area (TPSA) is 61.8 Å². The molecule has 1 N–H and O–H groups in total. The predicted molar refractivity (Wildman–Crippen MR) is 138 cm³/mol. The van der Waals surface area contributed by atoms with Crippen LogP contribution in [0.2, 0.25) is 5.02 Å². The summed E-state index contributed by atoms with van der Waals surface area (Å²) in [7, 11) is 0. The zero-order valence-electron chi connectivity index (χ0n) is 18.6. The van der Waals surface area contributed by atoms with E-state index in [0.717, 1.165) is 5.56 Å². The van der Waals surface area contributed by atoms with Gasteiger partial charge in [-0.25, -0.2) is 5.01 Å². The maximum atomic E-state index is 14.3. The summed E-state index contributed by atoms with van der Waals surface area (Å²) in [5, 5.41) is 10.2. The maximum absolute atomic E-state index is 14.3. The van der Waals surface area contributed by atoms with Gasteiger partial charge in [0, 0.05) is 21.8 Å². The molecule has 0 radical (unpaired) electrons. The number of hydrazone groups is 1. The van der Waals surface area contributed by atoms with Crippen LogP contribution in [0, 0.1) is 5.92 Å². The van der Waals surface area contributed by atoms with Gasteiger partial charge in [0.25, 0.3) is 5.91 Å². The van der Waals surface area contributed by atoms with Gasteiger partial charge < -0.3 is 5.32 Å². The SMILES string of the molecule is O=C(c1ccccc1)[C@H]1C(c2ccccc2)=NN(c2ccccc2)[C@]12C(=O)Nc1ccc(Cl)cc12. The predicted octanol–water partition coefficient (Wildman–Crippen LogP) is 5.91. The molecule has 0 saturated carbocycles. The van der Waals surface area contributed by atoms with Crippen molar-refractivity contribution in [2.45, 2.75) is 5.54 Å². The second-order valence-corrected chi connectivity index (χ2v) is 9.01. The number of anilines is 2. The fourth-order valence-corrected chi connectivity index (χ4v) is 5.26. The molecule has 0 aromatic heterocycles. The van der Waals surface area contributed by atoms with Crippen molar-refractivity contribution in [3.05, 3.63) is 131 Å². The molecular formula is C29H20ClN3O2. The number of carbonyl (C=O) groups is 2. The van der Waals surface area contributed by atoms with E-state index >= 15 is 0 Å². The van der Waals surface area contributed by atoms with Crippen LogP contribution in [0.1, 0.15) is 21.5 Å². The number of Topliss-reactive ketones (excluding diaryl/α,β-unsaturated/α-hetero) is 1. The molecule has 2 aliphatic heterocycles. The Hall–Kier alpha value is -4.22. The molecule has 2 aliphatic rings. The molecule has 0 fully saturated rings. The Morgan fingerprint density at radius 3 is 2.17 bits per heavy atom. The molecular weight excluding hydrogens is 458 g/mol. The lowest BCUT2D eigenvalue weighted by molar-refractivity contribution is -0.121. The molecule has 4 aromatic rings. The van der Waals surface area contributed by atoms with Crippen LogP contribution in [0.15, 0.2) is 114 Å². The Morgan fingerprint density at radius 2 is 1.49 bits per heavy atom. The summed E-state index contributed by atoms with van der Waals surface area (Å²) in [6, 6.07) is 33.3. The van der Waals surface area contributed by atoms with E-state index in [1.807, 2.05) is 78.9 Å². The van der Waals surface area contributed by atoms with E-state index < -0.39 is 11.5 Å². The number of ketones is 1. The summed E-state index contributed by atoms with van der Waals surface area (Å²) in [5.74, 6) is -1.41. The van der Waals surface area contributed by atoms with Crippen LogP contribution in [0.4, 0.5) is 11.4 Å². The molecule has 170 valence electrons. The lowest BCUT2D eigenvalue weighted by Crippen LogP contribution is -2.54. The Labute approximate surface area is 207 Å². The van der Waals surface area contributed by atoms with Gasteiger partial charge in [-0.2, -0.15) is 5.10 Å². The first-order valence-corrected chi connectivity index (χ1v) is 11.7. The smallest absolute Gasteiger partial charge is 0.258 e. The summed E-state index contributed by atoms with van der Waals surface area (Å²) in [5.41, 5.74) is 2.33. The van der Waals surface area contributed by atoms with Crippen molar-refractivity contribution in [1.82, 2.24) is 0 Å². The number of benzene rings is 4. The molecule has 2 heterocycles. The van der Waals surface area contributed by atoms with Gasteiger partial charge in [-0.15, -0.1) is 0 Å². The van der Waals surface area contributed by atoms with Crippen LogP contribution >= 0.6 is 11.6 Å². The lowest BCUT2D eigenvalue weighted by Gasteiger charge is -2.36. The average Bonchev–Trinajstić information content (AvgIpc) is 3.41.